The summed E-state index contributed by atoms with van der Waals surface area (Å²) in [6, 6.07) is 13.7. The summed E-state index contributed by atoms with van der Waals surface area (Å²) in [6.07, 6.45) is 1.72. The van der Waals surface area contributed by atoms with Gasteiger partial charge in [0.15, 0.2) is 0 Å². The van der Waals surface area contributed by atoms with Crippen molar-refractivity contribution < 1.29 is 4.79 Å². The summed E-state index contributed by atoms with van der Waals surface area (Å²) in [5.41, 5.74) is 4.53. The van der Waals surface area contributed by atoms with E-state index in [1.165, 1.54) is 5.56 Å². The van der Waals surface area contributed by atoms with Gasteiger partial charge in [0, 0.05) is 27.3 Å². The first-order chi connectivity index (χ1) is 11.5. The highest BCUT2D eigenvalue weighted by atomic mass is 79.9. The second-order valence-corrected chi connectivity index (χ2v) is 6.71. The third kappa shape index (κ3) is 3.19. The number of anilines is 1. The molecule has 1 aromatic heterocycles. The summed E-state index contributed by atoms with van der Waals surface area (Å²) in [5.74, 6) is -0.123. The Hall–Kier alpha value is -2.58. The molecule has 2 aromatic carbocycles. The third-order valence-electron chi connectivity index (χ3n) is 4.07. The van der Waals surface area contributed by atoms with E-state index in [1.807, 2.05) is 50.2 Å². The average molecular weight is 382 g/mol. The minimum absolute atomic E-state index is 0.123. The summed E-state index contributed by atoms with van der Waals surface area (Å²) >= 11 is 3.41. The number of nitrogens with one attached hydrogen (secondary N) is 1. The number of carbonyl (C=O) groups is 1. The summed E-state index contributed by atoms with van der Waals surface area (Å²) in [6.45, 7) is 4.21. The number of halogens is 1. The number of aryl methyl sites for hydroxylation is 2. The molecule has 0 fully saturated rings. The molecule has 0 aliphatic carbocycles. The van der Waals surface area contributed by atoms with Gasteiger partial charge in [0.25, 0.3) is 0 Å². The highest BCUT2D eigenvalue weighted by Crippen LogP contribution is 2.25. The third-order valence-corrected chi connectivity index (χ3v) is 4.56. The Labute approximate surface area is 148 Å². The molecule has 0 spiro atoms. The fourth-order valence-corrected chi connectivity index (χ4v) is 3.02. The van der Waals surface area contributed by atoms with Crippen molar-refractivity contribution in [3.05, 3.63) is 63.8 Å². The van der Waals surface area contributed by atoms with Crippen LogP contribution in [0.1, 0.15) is 16.7 Å². The van der Waals surface area contributed by atoms with E-state index in [1.54, 1.807) is 10.8 Å². The van der Waals surface area contributed by atoms with E-state index in [0.29, 0.717) is 5.56 Å². The van der Waals surface area contributed by atoms with Crippen LogP contribution in [0.4, 0.5) is 5.69 Å². The number of hydrogen-bond acceptors (Lipinski definition) is 2. The van der Waals surface area contributed by atoms with Gasteiger partial charge in [-0.25, -0.2) is 0 Å². The van der Waals surface area contributed by atoms with Crippen molar-refractivity contribution in [3.8, 4) is 6.07 Å². The van der Waals surface area contributed by atoms with Crippen molar-refractivity contribution in [3.63, 3.8) is 0 Å². The molecule has 3 rings (SSSR count). The molecular formula is C19H16BrN3O. The molecule has 0 saturated carbocycles. The predicted molar refractivity (Wildman–Crippen MR) is 98.9 cm³/mol. The van der Waals surface area contributed by atoms with Crippen molar-refractivity contribution in [1.82, 2.24) is 4.57 Å². The van der Waals surface area contributed by atoms with E-state index in [9.17, 15) is 10.1 Å². The van der Waals surface area contributed by atoms with Crippen molar-refractivity contribution in [2.45, 2.75) is 20.4 Å². The number of nitriles is 1. The molecule has 0 saturated heterocycles. The number of fused-ring (bicyclic) bond motifs is 1. The fourth-order valence-electron chi connectivity index (χ4n) is 2.66. The van der Waals surface area contributed by atoms with E-state index in [2.05, 4.69) is 27.3 Å². The molecule has 5 heteroatoms. The predicted octanol–water partition coefficient (Wildman–Crippen LogP) is 4.53. The van der Waals surface area contributed by atoms with Crippen LogP contribution in [0.2, 0.25) is 0 Å². The lowest BCUT2D eigenvalue weighted by atomic mass is 10.1. The monoisotopic (exact) mass is 381 g/mol. The molecule has 0 aliphatic heterocycles. The molecule has 3 aromatic rings. The summed E-state index contributed by atoms with van der Waals surface area (Å²) in [5, 5.41) is 13.0. The van der Waals surface area contributed by atoms with E-state index in [4.69, 9.17) is 0 Å². The van der Waals surface area contributed by atoms with Crippen LogP contribution in [0.3, 0.4) is 0 Å². The second kappa shape index (κ2) is 6.50. The van der Waals surface area contributed by atoms with Crippen molar-refractivity contribution in [2.75, 3.05) is 5.32 Å². The number of nitrogens with zero attached hydrogens (tertiary/aromatic N) is 2. The van der Waals surface area contributed by atoms with Crippen LogP contribution in [0.5, 0.6) is 0 Å². The van der Waals surface area contributed by atoms with Gasteiger partial charge in [-0.3, -0.25) is 4.79 Å². The quantitative estimate of drug-likeness (QED) is 0.724. The molecule has 1 N–H and O–H groups in total. The molecule has 4 nitrogen and oxygen atoms in total. The number of amides is 1. The standard InChI is InChI=1S/C19H16BrN3O/c1-12-3-5-16(7-13(12)2)22-19(24)11-23-10-14(9-21)17-8-15(20)4-6-18(17)23/h3-8,10H,11H2,1-2H3,(H,22,24). The first kappa shape index (κ1) is 16.3. The SMILES string of the molecule is Cc1ccc(NC(=O)Cn2cc(C#N)c3cc(Br)ccc32)cc1C. The number of rotatable bonds is 3. The minimum atomic E-state index is -0.123. The lowest BCUT2D eigenvalue weighted by molar-refractivity contribution is -0.116. The largest absolute Gasteiger partial charge is 0.337 e. The highest BCUT2D eigenvalue weighted by molar-refractivity contribution is 9.10. The smallest absolute Gasteiger partial charge is 0.244 e. The molecule has 0 unspecified atom stereocenters. The molecule has 1 amide bonds. The molecule has 0 atom stereocenters. The zero-order chi connectivity index (χ0) is 17.3. The van der Waals surface area contributed by atoms with Crippen molar-refractivity contribution >= 4 is 38.4 Å². The van der Waals surface area contributed by atoms with Gasteiger partial charge < -0.3 is 9.88 Å². The number of carbonyl (C=O) groups excluding carboxylic acids is 1. The Morgan fingerprint density at radius 2 is 2.00 bits per heavy atom. The molecule has 120 valence electrons. The first-order valence-electron chi connectivity index (χ1n) is 7.53. The average Bonchev–Trinajstić information content (AvgIpc) is 2.87. The van der Waals surface area contributed by atoms with Crippen LogP contribution in [-0.2, 0) is 11.3 Å². The Bertz CT molecular complexity index is 982. The van der Waals surface area contributed by atoms with Gasteiger partial charge in [-0.2, -0.15) is 5.26 Å². The van der Waals surface area contributed by atoms with Crippen molar-refractivity contribution in [1.29, 1.82) is 5.26 Å². The first-order valence-corrected chi connectivity index (χ1v) is 8.33. The maximum atomic E-state index is 12.4. The van der Waals surface area contributed by atoms with Gasteiger partial charge in [0.05, 0.1) is 5.56 Å². The van der Waals surface area contributed by atoms with Crippen LogP contribution in [0.25, 0.3) is 10.9 Å². The zero-order valence-corrected chi connectivity index (χ0v) is 15.0. The molecule has 0 radical (unpaired) electrons. The van der Waals surface area contributed by atoms with Crippen LogP contribution < -0.4 is 5.32 Å². The Balaban J connectivity index is 1.85. The summed E-state index contributed by atoms with van der Waals surface area (Å²) in [7, 11) is 0. The normalized spacial score (nSPS) is 10.6. The van der Waals surface area contributed by atoms with E-state index >= 15 is 0 Å². The van der Waals surface area contributed by atoms with Gasteiger partial charge in [-0.05, 0) is 55.3 Å². The van der Waals surface area contributed by atoms with Crippen LogP contribution in [0.15, 0.2) is 47.1 Å². The number of hydrogen-bond donors (Lipinski definition) is 1. The Morgan fingerprint density at radius 3 is 2.71 bits per heavy atom. The lowest BCUT2D eigenvalue weighted by Crippen LogP contribution is -2.18. The molecule has 24 heavy (non-hydrogen) atoms. The second-order valence-electron chi connectivity index (χ2n) is 5.79. The van der Waals surface area contributed by atoms with Crippen LogP contribution >= 0.6 is 15.9 Å². The van der Waals surface area contributed by atoms with E-state index in [-0.39, 0.29) is 12.5 Å². The van der Waals surface area contributed by atoms with Gasteiger partial charge in [-0.1, -0.05) is 22.0 Å². The van der Waals surface area contributed by atoms with Gasteiger partial charge in [0.2, 0.25) is 5.91 Å². The van der Waals surface area contributed by atoms with Gasteiger partial charge in [-0.15, -0.1) is 0 Å². The summed E-state index contributed by atoms with van der Waals surface area (Å²) in [4.78, 5) is 12.4. The molecular weight excluding hydrogens is 366 g/mol. The maximum Gasteiger partial charge on any atom is 0.244 e. The van der Waals surface area contributed by atoms with E-state index < -0.39 is 0 Å². The topological polar surface area (TPSA) is 57.8 Å². The highest BCUT2D eigenvalue weighted by Gasteiger charge is 2.12. The number of aromatic nitrogens is 1. The lowest BCUT2D eigenvalue weighted by Gasteiger charge is -2.09. The van der Waals surface area contributed by atoms with Crippen molar-refractivity contribution in [2.24, 2.45) is 0 Å². The van der Waals surface area contributed by atoms with Gasteiger partial charge in [0.1, 0.15) is 12.6 Å². The number of benzene rings is 2. The fraction of sp³-hybridized carbons (Fsp3) is 0.158. The Kier molecular flexibility index (Phi) is 4.41. The van der Waals surface area contributed by atoms with Crippen LogP contribution in [-0.4, -0.2) is 10.5 Å². The molecule has 0 aliphatic rings. The molecule has 0 bridgehead atoms. The Morgan fingerprint density at radius 1 is 1.21 bits per heavy atom. The van der Waals surface area contributed by atoms with E-state index in [0.717, 1.165) is 26.6 Å². The minimum Gasteiger partial charge on any atom is -0.337 e. The zero-order valence-electron chi connectivity index (χ0n) is 13.4. The summed E-state index contributed by atoms with van der Waals surface area (Å²) < 4.78 is 2.71. The van der Waals surface area contributed by atoms with Gasteiger partial charge >= 0.3 is 0 Å². The van der Waals surface area contributed by atoms with Crippen LogP contribution in [0, 0.1) is 25.2 Å². The maximum absolute atomic E-state index is 12.4. The molecule has 1 heterocycles.